The Morgan fingerprint density at radius 2 is 1.80 bits per heavy atom. The summed E-state index contributed by atoms with van der Waals surface area (Å²) in [7, 11) is 4.51. The molecular formula is C13H14N2O4S. The number of carbonyl (C=O) groups is 1. The van der Waals surface area contributed by atoms with Gasteiger partial charge in [-0.15, -0.1) is 11.3 Å². The van der Waals surface area contributed by atoms with E-state index in [2.05, 4.69) is 10.3 Å². The molecule has 1 aromatic carbocycles. The smallest absolute Gasteiger partial charge is 0.257 e. The number of hydrogen-bond donors (Lipinski definition) is 1. The maximum atomic E-state index is 12.2. The van der Waals surface area contributed by atoms with Crippen molar-refractivity contribution in [2.24, 2.45) is 0 Å². The van der Waals surface area contributed by atoms with E-state index in [0.717, 1.165) is 0 Å². The zero-order valence-electron chi connectivity index (χ0n) is 11.3. The van der Waals surface area contributed by atoms with Gasteiger partial charge in [-0.05, 0) is 12.1 Å². The molecule has 0 fully saturated rings. The molecule has 0 radical (unpaired) electrons. The molecule has 0 aliphatic carbocycles. The molecule has 7 heteroatoms. The van der Waals surface area contributed by atoms with Crippen LogP contribution in [-0.4, -0.2) is 32.2 Å². The minimum Gasteiger partial charge on any atom is -0.493 e. The molecule has 0 aliphatic heterocycles. The van der Waals surface area contributed by atoms with Crippen LogP contribution in [0.1, 0.15) is 10.4 Å². The standard InChI is InChI=1S/C13H14N2O4S/c1-17-9-6-8(7-10(18-2)11(9)19-3)12(16)15-13-14-4-5-20-13/h4-7H,1-3H3,(H,14,15,16). The highest BCUT2D eigenvalue weighted by Crippen LogP contribution is 2.38. The first-order valence-electron chi connectivity index (χ1n) is 5.70. The topological polar surface area (TPSA) is 69.7 Å². The van der Waals surface area contributed by atoms with Gasteiger partial charge in [0, 0.05) is 17.1 Å². The summed E-state index contributed by atoms with van der Waals surface area (Å²) in [6, 6.07) is 3.18. The number of ether oxygens (including phenoxy) is 3. The van der Waals surface area contributed by atoms with E-state index in [1.54, 1.807) is 23.7 Å². The van der Waals surface area contributed by atoms with Crippen molar-refractivity contribution in [1.29, 1.82) is 0 Å². The molecule has 6 nitrogen and oxygen atoms in total. The molecule has 0 spiro atoms. The van der Waals surface area contributed by atoms with Crippen LogP contribution in [0.4, 0.5) is 5.13 Å². The number of aromatic nitrogens is 1. The normalized spacial score (nSPS) is 9.95. The Kier molecular flexibility index (Phi) is 4.41. The van der Waals surface area contributed by atoms with Crippen molar-refractivity contribution in [3.8, 4) is 17.2 Å². The van der Waals surface area contributed by atoms with Crippen LogP contribution in [0.2, 0.25) is 0 Å². The summed E-state index contributed by atoms with van der Waals surface area (Å²) in [4.78, 5) is 16.2. The molecule has 106 valence electrons. The summed E-state index contributed by atoms with van der Waals surface area (Å²) in [5.41, 5.74) is 0.398. The van der Waals surface area contributed by atoms with Crippen LogP contribution in [0.15, 0.2) is 23.7 Å². The van der Waals surface area contributed by atoms with E-state index in [9.17, 15) is 4.79 Å². The van der Waals surface area contributed by atoms with Gasteiger partial charge in [0.2, 0.25) is 5.75 Å². The Balaban J connectivity index is 2.34. The number of carbonyl (C=O) groups excluding carboxylic acids is 1. The van der Waals surface area contributed by atoms with Gasteiger partial charge < -0.3 is 14.2 Å². The van der Waals surface area contributed by atoms with Crippen molar-refractivity contribution in [3.63, 3.8) is 0 Å². The first-order chi connectivity index (χ1) is 9.69. The fourth-order valence-electron chi connectivity index (χ4n) is 1.67. The molecule has 1 aromatic heterocycles. The highest BCUT2D eigenvalue weighted by atomic mass is 32.1. The average molecular weight is 294 g/mol. The molecule has 1 heterocycles. The van der Waals surface area contributed by atoms with Gasteiger partial charge in [-0.25, -0.2) is 4.98 Å². The maximum absolute atomic E-state index is 12.2. The van der Waals surface area contributed by atoms with Crippen molar-refractivity contribution < 1.29 is 19.0 Å². The summed E-state index contributed by atoms with van der Waals surface area (Å²) in [6.07, 6.45) is 1.62. The summed E-state index contributed by atoms with van der Waals surface area (Å²) in [6.45, 7) is 0. The molecular weight excluding hydrogens is 280 g/mol. The van der Waals surface area contributed by atoms with Gasteiger partial charge in [-0.2, -0.15) is 0 Å². The number of rotatable bonds is 5. The Bertz CT molecular complexity index is 573. The van der Waals surface area contributed by atoms with Crippen LogP contribution in [-0.2, 0) is 0 Å². The van der Waals surface area contributed by atoms with Gasteiger partial charge in [-0.3, -0.25) is 10.1 Å². The predicted molar refractivity (Wildman–Crippen MR) is 76.2 cm³/mol. The molecule has 1 N–H and O–H groups in total. The monoisotopic (exact) mass is 294 g/mol. The van der Waals surface area contributed by atoms with E-state index in [4.69, 9.17) is 14.2 Å². The Morgan fingerprint density at radius 3 is 2.25 bits per heavy atom. The average Bonchev–Trinajstić information content (AvgIpc) is 2.98. The van der Waals surface area contributed by atoms with E-state index in [1.165, 1.54) is 32.7 Å². The summed E-state index contributed by atoms with van der Waals surface area (Å²) in [5.74, 6) is 1.01. The predicted octanol–water partition coefficient (Wildman–Crippen LogP) is 2.42. The molecule has 0 saturated heterocycles. The number of benzene rings is 1. The highest BCUT2D eigenvalue weighted by molar-refractivity contribution is 7.13. The zero-order chi connectivity index (χ0) is 14.5. The van der Waals surface area contributed by atoms with Gasteiger partial charge in [0.15, 0.2) is 16.6 Å². The first-order valence-corrected chi connectivity index (χ1v) is 6.58. The summed E-state index contributed by atoms with van der Waals surface area (Å²) in [5, 5.41) is 5.01. The van der Waals surface area contributed by atoms with E-state index < -0.39 is 0 Å². The lowest BCUT2D eigenvalue weighted by Gasteiger charge is -2.13. The molecule has 0 unspecified atom stereocenters. The van der Waals surface area contributed by atoms with Crippen LogP contribution in [0.25, 0.3) is 0 Å². The van der Waals surface area contributed by atoms with Crippen molar-refractivity contribution in [2.45, 2.75) is 0 Å². The van der Waals surface area contributed by atoms with Crippen molar-refractivity contribution in [2.75, 3.05) is 26.6 Å². The number of methoxy groups -OCH3 is 3. The van der Waals surface area contributed by atoms with Crippen molar-refractivity contribution in [3.05, 3.63) is 29.3 Å². The number of nitrogens with one attached hydrogen (secondary N) is 1. The zero-order valence-corrected chi connectivity index (χ0v) is 12.1. The minimum absolute atomic E-state index is 0.292. The maximum Gasteiger partial charge on any atom is 0.257 e. The molecule has 2 aromatic rings. The summed E-state index contributed by atoms with van der Waals surface area (Å²) < 4.78 is 15.6. The van der Waals surface area contributed by atoms with Gasteiger partial charge in [0.25, 0.3) is 5.91 Å². The molecule has 0 saturated carbocycles. The number of nitrogens with zero attached hydrogens (tertiary/aromatic N) is 1. The van der Waals surface area contributed by atoms with E-state index in [1.807, 2.05) is 0 Å². The summed E-state index contributed by atoms with van der Waals surface area (Å²) >= 11 is 1.34. The quantitative estimate of drug-likeness (QED) is 0.917. The third-order valence-corrected chi connectivity index (χ3v) is 3.27. The molecule has 0 bridgehead atoms. The molecule has 1 amide bonds. The van der Waals surface area contributed by atoms with Gasteiger partial charge in [0.05, 0.1) is 21.3 Å². The SMILES string of the molecule is COc1cc(C(=O)Nc2nccs2)cc(OC)c1OC. The van der Waals surface area contributed by atoms with E-state index in [0.29, 0.717) is 27.9 Å². The second-order valence-electron chi connectivity index (χ2n) is 3.71. The van der Waals surface area contributed by atoms with E-state index in [-0.39, 0.29) is 5.91 Å². The number of anilines is 1. The molecule has 0 aliphatic rings. The van der Waals surface area contributed by atoms with E-state index >= 15 is 0 Å². The lowest BCUT2D eigenvalue weighted by molar-refractivity contribution is 0.102. The van der Waals surface area contributed by atoms with Crippen LogP contribution < -0.4 is 19.5 Å². The molecule has 20 heavy (non-hydrogen) atoms. The largest absolute Gasteiger partial charge is 0.493 e. The lowest BCUT2D eigenvalue weighted by Crippen LogP contribution is -2.12. The first kappa shape index (κ1) is 14.1. The second kappa shape index (κ2) is 6.25. The fraction of sp³-hybridized carbons (Fsp3) is 0.231. The number of hydrogen-bond acceptors (Lipinski definition) is 6. The van der Waals surface area contributed by atoms with Gasteiger partial charge in [0.1, 0.15) is 0 Å². The molecule has 2 rings (SSSR count). The van der Waals surface area contributed by atoms with Crippen LogP contribution in [0, 0.1) is 0 Å². The lowest BCUT2D eigenvalue weighted by atomic mass is 10.1. The number of amides is 1. The Morgan fingerprint density at radius 1 is 1.15 bits per heavy atom. The van der Waals surface area contributed by atoms with Crippen LogP contribution in [0.5, 0.6) is 17.2 Å². The van der Waals surface area contributed by atoms with Crippen LogP contribution in [0.3, 0.4) is 0 Å². The Labute approximate surface area is 120 Å². The third-order valence-electron chi connectivity index (χ3n) is 2.58. The van der Waals surface area contributed by atoms with Crippen molar-refractivity contribution >= 4 is 22.4 Å². The highest BCUT2D eigenvalue weighted by Gasteiger charge is 2.17. The number of thiazole rings is 1. The van der Waals surface area contributed by atoms with Gasteiger partial charge in [-0.1, -0.05) is 0 Å². The third kappa shape index (κ3) is 2.83. The molecule has 0 atom stereocenters. The minimum atomic E-state index is -0.292. The fourth-order valence-corrected chi connectivity index (χ4v) is 2.19. The van der Waals surface area contributed by atoms with Gasteiger partial charge >= 0.3 is 0 Å². The Hall–Kier alpha value is -2.28. The second-order valence-corrected chi connectivity index (χ2v) is 4.60. The van der Waals surface area contributed by atoms with Crippen molar-refractivity contribution in [1.82, 2.24) is 4.98 Å². The van der Waals surface area contributed by atoms with Crippen LogP contribution >= 0.6 is 11.3 Å².